The Hall–Kier alpha value is -1.79. The second-order valence-electron chi connectivity index (χ2n) is 6.57. The highest BCUT2D eigenvalue weighted by Gasteiger charge is 2.18. The van der Waals surface area contributed by atoms with Gasteiger partial charge in [0.2, 0.25) is 0 Å². The number of ether oxygens (including phenoxy) is 1. The van der Waals surface area contributed by atoms with Gasteiger partial charge in [0.1, 0.15) is 16.6 Å². The summed E-state index contributed by atoms with van der Waals surface area (Å²) in [7, 11) is 3.84. The predicted octanol–water partition coefficient (Wildman–Crippen LogP) is 3.40. The lowest BCUT2D eigenvalue weighted by Gasteiger charge is -2.33. The number of rotatable bonds is 5. The van der Waals surface area contributed by atoms with Gasteiger partial charge in [0.05, 0.1) is 7.11 Å². The normalized spacial score (nSPS) is 15.6. The van der Waals surface area contributed by atoms with Crippen molar-refractivity contribution in [3.05, 3.63) is 30.3 Å². The zero-order chi connectivity index (χ0) is 17.8. The van der Waals surface area contributed by atoms with Crippen molar-refractivity contribution in [1.29, 1.82) is 0 Å². The van der Waals surface area contributed by atoms with Crippen LogP contribution in [0.3, 0.4) is 0 Å². The molecular formula is C19H26N4OS. The van der Waals surface area contributed by atoms with Crippen LogP contribution in [-0.4, -0.2) is 60.5 Å². The molecule has 0 unspecified atom stereocenters. The highest BCUT2D eigenvalue weighted by atomic mass is 32.2. The summed E-state index contributed by atoms with van der Waals surface area (Å²) in [6.07, 6.45) is 0. The average molecular weight is 359 g/mol. The average Bonchev–Trinajstić information content (AvgIpc) is 2.61. The van der Waals surface area contributed by atoms with Gasteiger partial charge in [-0.05, 0) is 31.3 Å². The Morgan fingerprint density at radius 3 is 2.32 bits per heavy atom. The second-order valence-corrected chi connectivity index (χ2v) is 8.17. The van der Waals surface area contributed by atoms with E-state index in [0.29, 0.717) is 5.25 Å². The van der Waals surface area contributed by atoms with E-state index in [2.05, 4.69) is 36.8 Å². The molecule has 0 saturated carbocycles. The van der Waals surface area contributed by atoms with E-state index >= 15 is 0 Å². The maximum Gasteiger partial charge on any atom is 0.162 e. The highest BCUT2D eigenvalue weighted by Crippen LogP contribution is 2.29. The molecule has 2 heterocycles. The molecule has 0 radical (unpaired) electrons. The molecule has 2 aromatic rings. The molecule has 6 heteroatoms. The van der Waals surface area contributed by atoms with Crippen molar-refractivity contribution >= 4 is 17.6 Å². The van der Waals surface area contributed by atoms with Gasteiger partial charge in [-0.3, -0.25) is 0 Å². The van der Waals surface area contributed by atoms with E-state index in [1.807, 2.05) is 24.3 Å². The summed E-state index contributed by atoms with van der Waals surface area (Å²) in [5, 5.41) is 1.52. The number of anilines is 1. The monoisotopic (exact) mass is 358 g/mol. The molecule has 0 atom stereocenters. The van der Waals surface area contributed by atoms with E-state index in [1.165, 1.54) is 0 Å². The number of aromatic nitrogens is 2. The zero-order valence-electron chi connectivity index (χ0n) is 15.4. The lowest BCUT2D eigenvalue weighted by Crippen LogP contribution is -2.44. The molecular weight excluding hydrogens is 332 g/mol. The molecule has 1 saturated heterocycles. The SMILES string of the molecule is COc1ccc(-c2nc(SC(C)C)cc(N3CCN(C)CC3)n2)cc1. The van der Waals surface area contributed by atoms with Crippen LogP contribution in [0.5, 0.6) is 5.75 Å². The fraction of sp³-hybridized carbons (Fsp3) is 0.474. The molecule has 1 aliphatic rings. The largest absolute Gasteiger partial charge is 0.497 e. The highest BCUT2D eigenvalue weighted by molar-refractivity contribution is 7.99. The molecule has 1 aromatic heterocycles. The van der Waals surface area contributed by atoms with Crippen LogP contribution in [0, 0.1) is 0 Å². The Kier molecular flexibility index (Phi) is 5.81. The van der Waals surface area contributed by atoms with Crippen molar-refractivity contribution in [1.82, 2.24) is 14.9 Å². The fourth-order valence-electron chi connectivity index (χ4n) is 2.78. The van der Waals surface area contributed by atoms with E-state index in [1.54, 1.807) is 18.9 Å². The van der Waals surface area contributed by atoms with Crippen LogP contribution in [0.4, 0.5) is 5.82 Å². The molecule has 3 rings (SSSR count). The van der Waals surface area contributed by atoms with E-state index in [-0.39, 0.29) is 0 Å². The lowest BCUT2D eigenvalue weighted by atomic mass is 10.2. The molecule has 25 heavy (non-hydrogen) atoms. The van der Waals surface area contributed by atoms with Crippen molar-refractivity contribution in [2.24, 2.45) is 0 Å². The quantitative estimate of drug-likeness (QED) is 0.603. The Balaban J connectivity index is 1.94. The first-order valence-corrected chi connectivity index (χ1v) is 9.57. The summed E-state index contributed by atoms with van der Waals surface area (Å²) in [5.41, 5.74) is 1.02. The maximum atomic E-state index is 5.25. The number of benzene rings is 1. The van der Waals surface area contributed by atoms with Crippen molar-refractivity contribution in [3.63, 3.8) is 0 Å². The van der Waals surface area contributed by atoms with Gasteiger partial charge in [-0.1, -0.05) is 13.8 Å². The fourth-order valence-corrected chi connectivity index (χ4v) is 3.58. The minimum absolute atomic E-state index is 0.485. The van der Waals surface area contributed by atoms with Crippen LogP contribution in [0.25, 0.3) is 11.4 Å². The molecule has 1 fully saturated rings. The smallest absolute Gasteiger partial charge is 0.162 e. The van der Waals surface area contributed by atoms with Gasteiger partial charge >= 0.3 is 0 Å². The third kappa shape index (κ3) is 4.64. The molecule has 1 aliphatic heterocycles. The predicted molar refractivity (Wildman–Crippen MR) is 105 cm³/mol. The van der Waals surface area contributed by atoms with E-state index in [9.17, 15) is 0 Å². The second kappa shape index (κ2) is 8.06. The first-order valence-electron chi connectivity index (χ1n) is 8.69. The van der Waals surface area contributed by atoms with Crippen LogP contribution >= 0.6 is 11.8 Å². The minimum Gasteiger partial charge on any atom is -0.497 e. The maximum absolute atomic E-state index is 5.25. The van der Waals surface area contributed by atoms with E-state index in [0.717, 1.165) is 54.2 Å². The van der Waals surface area contributed by atoms with E-state index in [4.69, 9.17) is 14.7 Å². The molecule has 134 valence electrons. The third-order valence-electron chi connectivity index (χ3n) is 4.22. The topological polar surface area (TPSA) is 41.5 Å². The van der Waals surface area contributed by atoms with Crippen LogP contribution in [-0.2, 0) is 0 Å². The summed E-state index contributed by atoms with van der Waals surface area (Å²) < 4.78 is 5.25. The van der Waals surface area contributed by atoms with Crippen molar-refractivity contribution in [3.8, 4) is 17.1 Å². The van der Waals surface area contributed by atoms with Gasteiger partial charge in [0.15, 0.2) is 5.82 Å². The van der Waals surface area contributed by atoms with Gasteiger partial charge in [0, 0.05) is 43.1 Å². The summed E-state index contributed by atoms with van der Waals surface area (Å²) in [6, 6.07) is 10.1. The summed E-state index contributed by atoms with van der Waals surface area (Å²) >= 11 is 1.78. The summed E-state index contributed by atoms with van der Waals surface area (Å²) in [4.78, 5) is 14.4. The Labute approximate surface area is 154 Å². The van der Waals surface area contributed by atoms with E-state index < -0.39 is 0 Å². The van der Waals surface area contributed by atoms with Gasteiger partial charge in [-0.25, -0.2) is 9.97 Å². The van der Waals surface area contributed by atoms with Crippen LogP contribution in [0.2, 0.25) is 0 Å². The Morgan fingerprint density at radius 2 is 1.72 bits per heavy atom. The molecule has 0 N–H and O–H groups in total. The standard InChI is InChI=1S/C19H26N4OS/c1-14(2)25-18-13-17(23-11-9-22(3)10-12-23)20-19(21-18)15-5-7-16(24-4)8-6-15/h5-8,13-14H,9-12H2,1-4H3. The van der Waals surface area contributed by atoms with Crippen LogP contribution < -0.4 is 9.64 Å². The Morgan fingerprint density at radius 1 is 1.04 bits per heavy atom. The number of hydrogen-bond donors (Lipinski definition) is 0. The lowest BCUT2D eigenvalue weighted by molar-refractivity contribution is 0.312. The van der Waals surface area contributed by atoms with Crippen molar-refractivity contribution < 1.29 is 4.74 Å². The number of thioether (sulfide) groups is 1. The summed E-state index contributed by atoms with van der Waals surface area (Å²) in [5.74, 6) is 2.65. The number of likely N-dealkylation sites (N-methyl/N-ethyl adjacent to an activating group) is 1. The van der Waals surface area contributed by atoms with Gasteiger partial charge in [0.25, 0.3) is 0 Å². The first-order chi connectivity index (χ1) is 12.0. The van der Waals surface area contributed by atoms with Crippen LogP contribution in [0.15, 0.2) is 35.4 Å². The minimum atomic E-state index is 0.485. The molecule has 0 aliphatic carbocycles. The van der Waals surface area contributed by atoms with Crippen LogP contribution in [0.1, 0.15) is 13.8 Å². The van der Waals surface area contributed by atoms with Crippen molar-refractivity contribution in [2.75, 3.05) is 45.2 Å². The van der Waals surface area contributed by atoms with Gasteiger partial charge in [-0.15, -0.1) is 11.8 Å². The van der Waals surface area contributed by atoms with Gasteiger partial charge < -0.3 is 14.5 Å². The molecule has 0 spiro atoms. The number of piperazine rings is 1. The van der Waals surface area contributed by atoms with Crippen molar-refractivity contribution in [2.45, 2.75) is 24.1 Å². The molecule has 0 amide bonds. The first kappa shape index (κ1) is 18.0. The number of hydrogen-bond acceptors (Lipinski definition) is 6. The molecule has 1 aromatic carbocycles. The number of nitrogens with zero attached hydrogens (tertiary/aromatic N) is 4. The third-order valence-corrected chi connectivity index (χ3v) is 5.14. The Bertz CT molecular complexity index is 697. The molecule has 5 nitrogen and oxygen atoms in total. The van der Waals surface area contributed by atoms with Gasteiger partial charge in [-0.2, -0.15) is 0 Å². The number of methoxy groups -OCH3 is 1. The molecule has 0 bridgehead atoms. The summed E-state index contributed by atoms with van der Waals surface area (Å²) in [6.45, 7) is 8.51. The zero-order valence-corrected chi connectivity index (χ0v) is 16.2.